The molecule has 1 atom stereocenters. The Morgan fingerprint density at radius 1 is 1.39 bits per heavy atom. The van der Waals surface area contributed by atoms with Crippen molar-refractivity contribution in [1.82, 2.24) is 35.7 Å². The molecule has 2 heterocycles. The number of carbonyl (C=O) groups is 1. The molecule has 1 saturated carbocycles. The first-order valence-corrected chi connectivity index (χ1v) is 11.4. The second-order valence-electron chi connectivity index (χ2n) is 7.21. The molecule has 0 radical (unpaired) electrons. The molecular formula is C20H24N8O2S. The van der Waals surface area contributed by atoms with E-state index in [0.29, 0.717) is 42.2 Å². The minimum absolute atomic E-state index is 0.257. The molecular weight excluding hydrogens is 416 g/mol. The molecule has 31 heavy (non-hydrogen) atoms. The summed E-state index contributed by atoms with van der Waals surface area (Å²) in [4.78, 5) is 16.0. The number of aryl methyl sites for hydroxylation is 1. The Morgan fingerprint density at radius 2 is 2.19 bits per heavy atom. The van der Waals surface area contributed by atoms with Crippen molar-refractivity contribution in [2.24, 2.45) is 0 Å². The van der Waals surface area contributed by atoms with Crippen molar-refractivity contribution in [3.8, 4) is 0 Å². The van der Waals surface area contributed by atoms with E-state index in [1.54, 1.807) is 16.4 Å². The molecule has 0 saturated heterocycles. The zero-order valence-electron chi connectivity index (χ0n) is 17.2. The molecule has 10 nitrogen and oxygen atoms in total. The van der Waals surface area contributed by atoms with E-state index in [4.69, 9.17) is 4.52 Å². The molecule has 2 aromatic heterocycles. The monoisotopic (exact) mass is 440 g/mol. The fraction of sp³-hybridized carbons (Fsp3) is 0.400. The Labute approximate surface area is 183 Å². The van der Waals surface area contributed by atoms with Crippen molar-refractivity contribution in [2.75, 3.05) is 17.3 Å². The van der Waals surface area contributed by atoms with E-state index in [9.17, 15) is 4.79 Å². The van der Waals surface area contributed by atoms with Crippen LogP contribution in [0.2, 0.25) is 0 Å². The van der Waals surface area contributed by atoms with Gasteiger partial charge in [0.25, 0.3) is 0 Å². The van der Waals surface area contributed by atoms with E-state index in [1.807, 2.05) is 30.5 Å². The number of hydrogen-bond donors (Lipinski definition) is 2. The molecule has 4 rings (SSSR count). The number of hydrogen-bond acceptors (Lipinski definition) is 9. The van der Waals surface area contributed by atoms with Crippen molar-refractivity contribution in [3.63, 3.8) is 0 Å². The minimum Gasteiger partial charge on any atom is -0.339 e. The summed E-state index contributed by atoms with van der Waals surface area (Å²) in [6.45, 7) is 4.58. The number of carbonyl (C=O) groups excluding carboxylic acids is 1. The topological polar surface area (TPSA) is 124 Å². The van der Waals surface area contributed by atoms with Crippen LogP contribution in [0, 0.1) is 0 Å². The molecule has 1 fully saturated rings. The lowest BCUT2D eigenvalue weighted by atomic mass is 10.1. The Kier molecular flexibility index (Phi) is 6.73. The number of amides is 1. The van der Waals surface area contributed by atoms with E-state index >= 15 is 0 Å². The van der Waals surface area contributed by atoms with Gasteiger partial charge in [-0.3, -0.25) is 10.1 Å². The zero-order chi connectivity index (χ0) is 21.6. The van der Waals surface area contributed by atoms with Crippen LogP contribution in [0.1, 0.15) is 47.9 Å². The highest BCUT2D eigenvalue weighted by Crippen LogP contribution is 2.38. The first-order valence-electron chi connectivity index (χ1n) is 10.0. The van der Waals surface area contributed by atoms with Crippen LogP contribution in [0.5, 0.6) is 0 Å². The van der Waals surface area contributed by atoms with E-state index in [0.717, 1.165) is 24.2 Å². The number of rotatable bonds is 11. The van der Waals surface area contributed by atoms with Gasteiger partial charge in [-0.2, -0.15) is 16.7 Å². The van der Waals surface area contributed by atoms with Gasteiger partial charge in [0, 0.05) is 17.4 Å². The smallest absolute Gasteiger partial charge is 0.247 e. The predicted octanol–water partition coefficient (Wildman–Crippen LogP) is 2.30. The van der Waals surface area contributed by atoms with Crippen LogP contribution in [0.25, 0.3) is 0 Å². The van der Waals surface area contributed by atoms with Crippen molar-refractivity contribution in [3.05, 3.63) is 60.0 Å². The molecule has 0 spiro atoms. The SMILES string of the molecule is C=CC(=O)Nc1ccc(C(NCc2noc(C3CC3)n2)c2nnnn2CCSC)cc1. The van der Waals surface area contributed by atoms with Gasteiger partial charge in [-0.25, -0.2) is 4.68 Å². The Bertz CT molecular complexity index is 1030. The van der Waals surface area contributed by atoms with Crippen LogP contribution < -0.4 is 10.6 Å². The fourth-order valence-electron chi connectivity index (χ4n) is 3.09. The highest BCUT2D eigenvalue weighted by molar-refractivity contribution is 7.98. The number of thioether (sulfide) groups is 1. The third kappa shape index (κ3) is 5.36. The molecule has 1 unspecified atom stereocenters. The van der Waals surface area contributed by atoms with Crippen LogP contribution in [0.3, 0.4) is 0 Å². The lowest BCUT2D eigenvalue weighted by molar-refractivity contribution is -0.111. The van der Waals surface area contributed by atoms with Gasteiger partial charge in [-0.15, -0.1) is 5.10 Å². The second-order valence-corrected chi connectivity index (χ2v) is 8.19. The lowest BCUT2D eigenvalue weighted by Crippen LogP contribution is -2.26. The summed E-state index contributed by atoms with van der Waals surface area (Å²) in [6.07, 6.45) is 5.50. The summed E-state index contributed by atoms with van der Waals surface area (Å²) in [5.74, 6) is 3.06. The standard InChI is InChI=1S/C20H24N8O2S/c1-3-17(29)22-15-8-6-13(7-9-15)18(19-24-26-27-28(19)10-11-31-2)21-12-16-23-20(30-25-16)14-4-5-14/h3,6-9,14,18,21H,1,4-5,10-12H2,2H3,(H,22,29). The average molecular weight is 441 g/mol. The normalized spacial score (nSPS) is 14.4. The fourth-order valence-corrected chi connectivity index (χ4v) is 3.45. The van der Waals surface area contributed by atoms with Crippen molar-refractivity contribution in [2.45, 2.75) is 37.9 Å². The molecule has 1 aromatic carbocycles. The summed E-state index contributed by atoms with van der Waals surface area (Å²) in [6, 6.07) is 7.23. The number of nitrogens with zero attached hydrogens (tertiary/aromatic N) is 6. The molecule has 1 amide bonds. The second kappa shape index (κ2) is 9.84. The van der Waals surface area contributed by atoms with Crippen LogP contribution >= 0.6 is 11.8 Å². The maximum absolute atomic E-state index is 11.5. The summed E-state index contributed by atoms with van der Waals surface area (Å²) in [7, 11) is 0. The van der Waals surface area contributed by atoms with Crippen LogP contribution in [0.15, 0.2) is 41.4 Å². The van der Waals surface area contributed by atoms with Crippen LogP contribution in [0.4, 0.5) is 5.69 Å². The molecule has 11 heteroatoms. The van der Waals surface area contributed by atoms with Gasteiger partial charge in [0.15, 0.2) is 11.6 Å². The van der Waals surface area contributed by atoms with Gasteiger partial charge in [-0.1, -0.05) is 23.9 Å². The first kappa shape index (κ1) is 21.2. The first-order chi connectivity index (χ1) is 15.2. The van der Waals surface area contributed by atoms with Crippen LogP contribution in [-0.2, 0) is 17.9 Å². The van der Waals surface area contributed by atoms with Crippen molar-refractivity contribution >= 4 is 23.4 Å². The van der Waals surface area contributed by atoms with Gasteiger partial charge in [0.2, 0.25) is 11.8 Å². The van der Waals surface area contributed by atoms with Crippen LogP contribution in [-0.4, -0.2) is 48.3 Å². The van der Waals surface area contributed by atoms with E-state index in [2.05, 4.69) is 42.9 Å². The minimum atomic E-state index is -0.288. The molecule has 1 aliphatic rings. The molecule has 0 bridgehead atoms. The molecule has 162 valence electrons. The molecule has 1 aliphatic carbocycles. The van der Waals surface area contributed by atoms with E-state index in [-0.39, 0.29) is 11.9 Å². The summed E-state index contributed by atoms with van der Waals surface area (Å²) in [5, 5.41) is 22.6. The number of benzene rings is 1. The third-order valence-electron chi connectivity index (χ3n) is 4.90. The molecule has 0 aliphatic heterocycles. The average Bonchev–Trinajstić information content (AvgIpc) is 3.35. The molecule has 3 aromatic rings. The van der Waals surface area contributed by atoms with Gasteiger partial charge < -0.3 is 9.84 Å². The maximum Gasteiger partial charge on any atom is 0.247 e. The summed E-state index contributed by atoms with van der Waals surface area (Å²) in [5.41, 5.74) is 1.63. The van der Waals surface area contributed by atoms with Gasteiger partial charge in [-0.05, 0) is 53.3 Å². The van der Waals surface area contributed by atoms with Gasteiger partial charge in [0.05, 0.1) is 19.1 Å². The Hall–Kier alpha value is -3.05. The Morgan fingerprint density at radius 3 is 2.90 bits per heavy atom. The van der Waals surface area contributed by atoms with Crippen molar-refractivity contribution < 1.29 is 9.32 Å². The zero-order valence-corrected chi connectivity index (χ0v) is 18.0. The highest BCUT2D eigenvalue weighted by atomic mass is 32.2. The van der Waals surface area contributed by atoms with E-state index < -0.39 is 0 Å². The Balaban J connectivity index is 1.55. The van der Waals surface area contributed by atoms with Crippen molar-refractivity contribution in [1.29, 1.82) is 0 Å². The maximum atomic E-state index is 11.5. The third-order valence-corrected chi connectivity index (χ3v) is 5.49. The lowest BCUT2D eigenvalue weighted by Gasteiger charge is -2.18. The molecule has 2 N–H and O–H groups in total. The largest absolute Gasteiger partial charge is 0.339 e. The summed E-state index contributed by atoms with van der Waals surface area (Å²) >= 11 is 1.73. The highest BCUT2D eigenvalue weighted by Gasteiger charge is 2.30. The summed E-state index contributed by atoms with van der Waals surface area (Å²) < 4.78 is 7.16. The quantitative estimate of drug-likeness (QED) is 0.432. The van der Waals surface area contributed by atoms with Gasteiger partial charge >= 0.3 is 0 Å². The number of nitrogens with one attached hydrogen (secondary N) is 2. The van der Waals surface area contributed by atoms with Gasteiger partial charge in [0.1, 0.15) is 0 Å². The predicted molar refractivity (Wildman–Crippen MR) is 116 cm³/mol. The number of tetrazole rings is 1. The number of anilines is 1. The van der Waals surface area contributed by atoms with E-state index in [1.165, 1.54) is 6.08 Å². The number of aromatic nitrogens is 6.